The summed E-state index contributed by atoms with van der Waals surface area (Å²) >= 11 is 1.47. The van der Waals surface area contributed by atoms with Gasteiger partial charge in [0.05, 0.1) is 24.7 Å². The lowest BCUT2D eigenvalue weighted by Gasteiger charge is -2.33. The monoisotopic (exact) mass is 443 g/mol. The van der Waals surface area contributed by atoms with E-state index in [1.165, 1.54) is 30.2 Å². The zero-order valence-corrected chi connectivity index (χ0v) is 19.6. The molecule has 1 amide bonds. The number of rotatable bonds is 6. The number of thioether (sulfide) groups is 1. The highest BCUT2D eigenvalue weighted by atomic mass is 32.2. The summed E-state index contributed by atoms with van der Waals surface area (Å²) in [6.07, 6.45) is 4.63. The molecule has 1 aliphatic carbocycles. The molecule has 1 saturated carbocycles. The number of nitrogens with zero attached hydrogens (tertiary/aromatic N) is 5. The van der Waals surface area contributed by atoms with Crippen molar-refractivity contribution in [2.75, 3.05) is 44.0 Å². The standard InChI is InChI=1S/C23H33N5O2S/c1-17-4-8-19(9-5-17)26(3)21(29)16-31-23-25-24-22(27-12-14-30-15-13-27)28(23)20-10-6-18(2)7-11-20/h6-7,10-11,17,19H,4-5,8-9,12-16H2,1-3H3. The Labute approximate surface area is 189 Å². The van der Waals surface area contributed by atoms with Crippen LogP contribution in [0.5, 0.6) is 0 Å². The van der Waals surface area contributed by atoms with E-state index in [1.54, 1.807) is 0 Å². The van der Waals surface area contributed by atoms with Gasteiger partial charge in [0, 0.05) is 26.2 Å². The second-order valence-electron chi connectivity index (χ2n) is 8.76. The highest BCUT2D eigenvalue weighted by Gasteiger charge is 2.26. The Morgan fingerprint density at radius 2 is 1.81 bits per heavy atom. The van der Waals surface area contributed by atoms with Gasteiger partial charge in [0.25, 0.3) is 0 Å². The van der Waals surface area contributed by atoms with Gasteiger partial charge in [-0.15, -0.1) is 10.2 Å². The molecule has 2 aliphatic rings. The quantitative estimate of drug-likeness (QED) is 0.637. The van der Waals surface area contributed by atoms with Gasteiger partial charge in [0.1, 0.15) is 0 Å². The molecule has 0 bridgehead atoms. The van der Waals surface area contributed by atoms with Crippen LogP contribution in [0.1, 0.15) is 38.2 Å². The minimum Gasteiger partial charge on any atom is -0.378 e. The number of carbonyl (C=O) groups is 1. The number of benzene rings is 1. The summed E-state index contributed by atoms with van der Waals surface area (Å²) in [6, 6.07) is 8.72. The Hall–Kier alpha value is -2.06. The topological polar surface area (TPSA) is 63.5 Å². The summed E-state index contributed by atoms with van der Waals surface area (Å²) in [5.41, 5.74) is 2.22. The zero-order chi connectivity index (χ0) is 21.8. The second kappa shape index (κ2) is 10.0. The molecule has 7 nitrogen and oxygen atoms in total. The first-order valence-corrected chi connectivity index (χ1v) is 12.2. The Morgan fingerprint density at radius 3 is 2.48 bits per heavy atom. The van der Waals surface area contributed by atoms with Gasteiger partial charge in [0.2, 0.25) is 11.9 Å². The van der Waals surface area contributed by atoms with Crippen LogP contribution in [0, 0.1) is 12.8 Å². The molecule has 0 radical (unpaired) electrons. The van der Waals surface area contributed by atoms with Crippen LogP contribution >= 0.6 is 11.8 Å². The van der Waals surface area contributed by atoms with Crippen molar-refractivity contribution in [2.45, 2.75) is 50.7 Å². The number of morpholine rings is 1. The smallest absolute Gasteiger partial charge is 0.233 e. The Balaban J connectivity index is 1.50. The molecule has 0 unspecified atom stereocenters. The maximum Gasteiger partial charge on any atom is 0.233 e. The second-order valence-corrected chi connectivity index (χ2v) is 9.70. The van der Waals surface area contributed by atoms with Crippen LogP contribution in [-0.2, 0) is 9.53 Å². The fourth-order valence-corrected chi connectivity index (χ4v) is 5.18. The average molecular weight is 444 g/mol. The first-order valence-electron chi connectivity index (χ1n) is 11.3. The van der Waals surface area contributed by atoms with Crippen LogP contribution in [0.2, 0.25) is 0 Å². The number of hydrogen-bond acceptors (Lipinski definition) is 6. The van der Waals surface area contributed by atoms with Gasteiger partial charge in [-0.25, -0.2) is 0 Å². The van der Waals surface area contributed by atoms with Crippen LogP contribution in [0.25, 0.3) is 5.69 Å². The van der Waals surface area contributed by atoms with Crippen LogP contribution < -0.4 is 4.90 Å². The number of hydrogen-bond donors (Lipinski definition) is 0. The van der Waals surface area contributed by atoms with Gasteiger partial charge in [-0.05, 0) is 50.7 Å². The lowest BCUT2D eigenvalue weighted by atomic mass is 9.87. The van der Waals surface area contributed by atoms with Gasteiger partial charge in [-0.3, -0.25) is 9.36 Å². The number of aryl methyl sites for hydroxylation is 1. The van der Waals surface area contributed by atoms with E-state index in [2.05, 4.69) is 57.8 Å². The van der Waals surface area contributed by atoms with E-state index >= 15 is 0 Å². The van der Waals surface area contributed by atoms with Crippen molar-refractivity contribution in [3.63, 3.8) is 0 Å². The lowest BCUT2D eigenvalue weighted by molar-refractivity contribution is -0.129. The maximum absolute atomic E-state index is 12.9. The predicted octanol–water partition coefficient (Wildman–Crippen LogP) is 3.54. The Bertz CT molecular complexity index is 871. The Kier molecular flexibility index (Phi) is 7.17. The van der Waals surface area contributed by atoms with Crippen molar-refractivity contribution in [1.82, 2.24) is 19.7 Å². The van der Waals surface area contributed by atoms with E-state index in [-0.39, 0.29) is 5.91 Å². The molecule has 0 N–H and O–H groups in total. The minimum atomic E-state index is 0.163. The molecular weight excluding hydrogens is 410 g/mol. The van der Waals surface area contributed by atoms with Gasteiger partial charge in [0.15, 0.2) is 5.16 Å². The third-order valence-corrected chi connectivity index (χ3v) is 7.37. The fourth-order valence-electron chi connectivity index (χ4n) is 4.31. The van der Waals surface area contributed by atoms with Crippen molar-refractivity contribution < 1.29 is 9.53 Å². The summed E-state index contributed by atoms with van der Waals surface area (Å²) in [6.45, 7) is 7.33. The minimum absolute atomic E-state index is 0.163. The summed E-state index contributed by atoms with van der Waals surface area (Å²) in [4.78, 5) is 17.1. The SMILES string of the molecule is Cc1ccc(-n2c(SCC(=O)N(C)C3CCC(C)CC3)nnc2N2CCOCC2)cc1. The van der Waals surface area contributed by atoms with E-state index in [4.69, 9.17) is 4.74 Å². The third-order valence-electron chi connectivity index (χ3n) is 6.45. The van der Waals surface area contributed by atoms with E-state index in [0.29, 0.717) is 25.0 Å². The molecule has 2 aromatic rings. The highest BCUT2D eigenvalue weighted by molar-refractivity contribution is 7.99. The van der Waals surface area contributed by atoms with Crippen LogP contribution in [0.15, 0.2) is 29.4 Å². The van der Waals surface area contributed by atoms with Gasteiger partial charge < -0.3 is 14.5 Å². The molecule has 2 fully saturated rings. The Morgan fingerprint density at radius 1 is 1.13 bits per heavy atom. The molecular formula is C23H33N5O2S. The van der Waals surface area contributed by atoms with E-state index < -0.39 is 0 Å². The van der Waals surface area contributed by atoms with Crippen molar-refractivity contribution >= 4 is 23.6 Å². The molecule has 4 rings (SSSR count). The van der Waals surface area contributed by atoms with E-state index in [0.717, 1.165) is 48.6 Å². The number of ether oxygens (including phenoxy) is 1. The molecule has 1 aromatic heterocycles. The molecule has 1 aliphatic heterocycles. The molecule has 31 heavy (non-hydrogen) atoms. The van der Waals surface area contributed by atoms with Crippen molar-refractivity contribution in [3.8, 4) is 5.69 Å². The van der Waals surface area contributed by atoms with Crippen LogP contribution in [-0.4, -0.2) is 70.7 Å². The van der Waals surface area contributed by atoms with Crippen molar-refractivity contribution in [2.24, 2.45) is 5.92 Å². The van der Waals surface area contributed by atoms with Gasteiger partial charge in [-0.1, -0.05) is 36.4 Å². The first kappa shape index (κ1) is 22.1. The molecule has 0 spiro atoms. The zero-order valence-electron chi connectivity index (χ0n) is 18.8. The number of anilines is 1. The van der Waals surface area contributed by atoms with E-state index in [1.807, 2.05) is 11.9 Å². The first-order chi connectivity index (χ1) is 15.0. The number of carbonyl (C=O) groups excluding carboxylic acids is 1. The molecule has 1 saturated heterocycles. The normalized spacial score (nSPS) is 21.8. The highest BCUT2D eigenvalue weighted by Crippen LogP contribution is 2.29. The molecule has 2 heterocycles. The van der Waals surface area contributed by atoms with Gasteiger partial charge in [-0.2, -0.15) is 0 Å². The fraction of sp³-hybridized carbons (Fsp3) is 0.609. The van der Waals surface area contributed by atoms with Crippen LogP contribution in [0.3, 0.4) is 0 Å². The lowest BCUT2D eigenvalue weighted by Crippen LogP contribution is -2.40. The van der Waals surface area contributed by atoms with Crippen LogP contribution in [0.4, 0.5) is 5.95 Å². The number of amides is 1. The molecule has 1 aromatic carbocycles. The summed E-state index contributed by atoms with van der Waals surface area (Å²) in [5, 5.41) is 9.72. The molecule has 0 atom stereocenters. The number of aromatic nitrogens is 3. The summed E-state index contributed by atoms with van der Waals surface area (Å²) in [7, 11) is 1.95. The molecule has 8 heteroatoms. The largest absolute Gasteiger partial charge is 0.378 e. The maximum atomic E-state index is 12.9. The average Bonchev–Trinajstić information content (AvgIpc) is 3.22. The van der Waals surface area contributed by atoms with Crippen molar-refractivity contribution in [3.05, 3.63) is 29.8 Å². The van der Waals surface area contributed by atoms with Crippen molar-refractivity contribution in [1.29, 1.82) is 0 Å². The third kappa shape index (κ3) is 5.23. The predicted molar refractivity (Wildman–Crippen MR) is 124 cm³/mol. The van der Waals surface area contributed by atoms with E-state index in [9.17, 15) is 4.79 Å². The summed E-state index contributed by atoms with van der Waals surface area (Å²) < 4.78 is 7.58. The summed E-state index contributed by atoms with van der Waals surface area (Å²) in [5.74, 6) is 2.13. The van der Waals surface area contributed by atoms with Gasteiger partial charge >= 0.3 is 0 Å². The molecule has 168 valence electrons.